The lowest BCUT2D eigenvalue weighted by Crippen LogP contribution is -2.64. The molecule has 1 heterocycles. The molecule has 1 aromatic rings. The number of nitriles is 1. The maximum absolute atomic E-state index is 12.1. The van der Waals surface area contributed by atoms with Crippen LogP contribution in [-0.2, 0) is 14.3 Å². The highest BCUT2D eigenvalue weighted by Gasteiger charge is 2.44. The predicted molar refractivity (Wildman–Crippen MR) is 96.0 cm³/mol. The van der Waals surface area contributed by atoms with Crippen molar-refractivity contribution in [1.82, 2.24) is 5.32 Å². The van der Waals surface area contributed by atoms with E-state index in [9.17, 15) is 15.0 Å². The van der Waals surface area contributed by atoms with Crippen molar-refractivity contribution in [2.24, 2.45) is 0 Å². The van der Waals surface area contributed by atoms with Gasteiger partial charge in [0.1, 0.15) is 24.4 Å². The number of rotatable bonds is 6. The number of amides is 1. The number of ether oxygens (including phenoxy) is 2. The van der Waals surface area contributed by atoms with Crippen molar-refractivity contribution in [2.45, 2.75) is 30.6 Å². The van der Waals surface area contributed by atoms with Crippen molar-refractivity contribution in [2.75, 3.05) is 13.7 Å². The van der Waals surface area contributed by atoms with Gasteiger partial charge in [0.25, 0.3) is 0 Å². The molecule has 1 saturated heterocycles. The van der Waals surface area contributed by atoms with Crippen LogP contribution in [0.1, 0.15) is 11.1 Å². The zero-order valence-electron chi connectivity index (χ0n) is 14.7. The van der Waals surface area contributed by atoms with Crippen molar-refractivity contribution in [3.8, 4) is 6.07 Å². The summed E-state index contributed by atoms with van der Waals surface area (Å²) in [5, 5.41) is 40.8. The molecule has 0 aromatic heterocycles. The number of carbonyl (C=O) groups is 1. The van der Waals surface area contributed by atoms with Gasteiger partial charge < -0.3 is 30.1 Å². The van der Waals surface area contributed by atoms with Gasteiger partial charge in [-0.3, -0.25) is 4.79 Å². The first-order chi connectivity index (χ1) is 13.0. The second-order valence-corrected chi connectivity index (χ2v) is 5.89. The molecule has 1 amide bonds. The van der Waals surface area contributed by atoms with Gasteiger partial charge >= 0.3 is 0 Å². The van der Waals surface area contributed by atoms with Gasteiger partial charge in [-0.15, -0.1) is 0 Å². The van der Waals surface area contributed by atoms with Crippen LogP contribution < -0.4 is 5.32 Å². The number of carbonyl (C=O) groups excluding carboxylic acids is 1. The van der Waals surface area contributed by atoms with Crippen LogP contribution in [0.5, 0.6) is 0 Å². The van der Waals surface area contributed by atoms with Crippen LogP contribution in [0.4, 0.5) is 0 Å². The third kappa shape index (κ3) is 5.23. The number of allylic oxidation sites excluding steroid dienone is 2. The summed E-state index contributed by atoms with van der Waals surface area (Å²) in [6.07, 6.45) is 1.26. The monoisotopic (exact) mass is 374 g/mol. The minimum absolute atomic E-state index is 0.492. The van der Waals surface area contributed by atoms with Gasteiger partial charge in [-0.2, -0.15) is 5.26 Å². The third-order valence-corrected chi connectivity index (χ3v) is 4.14. The Balaban J connectivity index is 1.98. The topological polar surface area (TPSA) is 132 Å². The van der Waals surface area contributed by atoms with Crippen molar-refractivity contribution in [1.29, 1.82) is 5.26 Å². The molecule has 5 unspecified atom stereocenters. The number of nitrogens with one attached hydrogen (secondary N) is 1. The maximum atomic E-state index is 12.1. The van der Waals surface area contributed by atoms with E-state index in [2.05, 4.69) is 11.4 Å². The summed E-state index contributed by atoms with van der Waals surface area (Å²) in [6, 6.07) is 8.11. The van der Waals surface area contributed by atoms with Gasteiger partial charge in [0.2, 0.25) is 5.91 Å². The van der Waals surface area contributed by atoms with E-state index >= 15 is 0 Å². The fourth-order valence-corrected chi connectivity index (χ4v) is 2.70. The van der Waals surface area contributed by atoms with Crippen molar-refractivity contribution < 1.29 is 29.6 Å². The van der Waals surface area contributed by atoms with Crippen LogP contribution in [0.2, 0.25) is 0 Å². The zero-order valence-corrected chi connectivity index (χ0v) is 14.7. The number of hydrogen-bond acceptors (Lipinski definition) is 7. The molecule has 8 nitrogen and oxygen atoms in total. The van der Waals surface area contributed by atoms with Crippen LogP contribution in [0.3, 0.4) is 0 Å². The van der Waals surface area contributed by atoms with E-state index in [0.29, 0.717) is 5.56 Å². The number of hydrogen-bond donors (Lipinski definition) is 4. The highest BCUT2D eigenvalue weighted by molar-refractivity contribution is 5.88. The average molecular weight is 374 g/mol. The Morgan fingerprint density at radius 2 is 2.07 bits per heavy atom. The molecule has 0 aliphatic carbocycles. The van der Waals surface area contributed by atoms with Crippen LogP contribution in [-0.4, -0.2) is 65.6 Å². The molecular weight excluding hydrogens is 352 g/mol. The minimum Gasteiger partial charge on any atom is -0.394 e. The number of methoxy groups -OCH3 is 1. The van der Waals surface area contributed by atoms with Crippen LogP contribution >= 0.6 is 0 Å². The third-order valence-electron chi connectivity index (χ3n) is 4.14. The first kappa shape index (κ1) is 20.8. The summed E-state index contributed by atoms with van der Waals surface area (Å²) in [5.74, 6) is -0.530. The van der Waals surface area contributed by atoms with E-state index in [0.717, 1.165) is 5.56 Å². The summed E-state index contributed by atoms with van der Waals surface area (Å²) < 4.78 is 10.4. The Morgan fingerprint density at radius 3 is 2.74 bits per heavy atom. The second kappa shape index (κ2) is 9.97. The summed E-state index contributed by atoms with van der Waals surface area (Å²) in [6.45, 7) is -0.492. The molecule has 1 aliphatic rings. The number of aliphatic hydroxyl groups excluding tert-OH is 3. The molecule has 8 heteroatoms. The van der Waals surface area contributed by atoms with Crippen molar-refractivity contribution in [3.05, 3.63) is 53.6 Å². The second-order valence-electron chi connectivity index (χ2n) is 5.89. The predicted octanol–water partition coefficient (Wildman–Crippen LogP) is -0.302. The zero-order chi connectivity index (χ0) is 19.8. The Hall–Kier alpha value is -2.54. The average Bonchev–Trinajstić information content (AvgIpc) is 2.69. The normalized spacial score (nSPS) is 28.3. The molecule has 27 heavy (non-hydrogen) atoms. The maximum Gasteiger partial charge on any atom is 0.244 e. The highest BCUT2D eigenvalue weighted by atomic mass is 16.7. The molecule has 2 rings (SSSR count). The Labute approximate surface area is 157 Å². The number of nitrogens with zero attached hydrogens (tertiary/aromatic N) is 1. The van der Waals surface area contributed by atoms with E-state index in [1.54, 1.807) is 36.4 Å². The van der Waals surface area contributed by atoms with Gasteiger partial charge in [-0.1, -0.05) is 36.4 Å². The Morgan fingerprint density at radius 1 is 1.33 bits per heavy atom. The SMILES string of the molecule is COC1OC(CO)C(O)C(O)C1NC(=O)/C=C/C=C/c1ccccc1C#N. The van der Waals surface area contributed by atoms with E-state index in [-0.39, 0.29) is 0 Å². The quantitative estimate of drug-likeness (QED) is 0.397. The molecule has 0 spiro atoms. The first-order valence-electron chi connectivity index (χ1n) is 8.31. The lowest BCUT2D eigenvalue weighted by Gasteiger charge is -2.41. The van der Waals surface area contributed by atoms with Crippen LogP contribution in [0, 0.1) is 11.3 Å². The molecule has 1 fully saturated rings. The lowest BCUT2D eigenvalue weighted by molar-refractivity contribution is -0.262. The highest BCUT2D eigenvalue weighted by Crippen LogP contribution is 2.21. The largest absolute Gasteiger partial charge is 0.394 e. The molecule has 0 saturated carbocycles. The van der Waals surface area contributed by atoms with Gasteiger partial charge in [0.15, 0.2) is 6.29 Å². The van der Waals surface area contributed by atoms with Gasteiger partial charge in [0.05, 0.1) is 18.2 Å². The molecule has 0 radical (unpaired) electrons. The molecule has 0 bridgehead atoms. The van der Waals surface area contributed by atoms with Gasteiger partial charge in [-0.05, 0) is 11.6 Å². The molecule has 1 aliphatic heterocycles. The van der Waals surface area contributed by atoms with Gasteiger partial charge in [-0.25, -0.2) is 0 Å². The number of benzene rings is 1. The Bertz CT molecular complexity index is 740. The van der Waals surface area contributed by atoms with Gasteiger partial charge in [0, 0.05) is 13.2 Å². The minimum atomic E-state index is -1.36. The first-order valence-corrected chi connectivity index (χ1v) is 8.31. The molecule has 4 N–H and O–H groups in total. The molecule has 5 atom stereocenters. The smallest absolute Gasteiger partial charge is 0.244 e. The summed E-state index contributed by atoms with van der Waals surface area (Å²) >= 11 is 0. The van der Waals surface area contributed by atoms with Crippen LogP contribution in [0.15, 0.2) is 42.5 Å². The summed E-state index contributed by atoms with van der Waals surface area (Å²) in [7, 11) is 1.33. The lowest BCUT2D eigenvalue weighted by atomic mass is 9.97. The summed E-state index contributed by atoms with van der Waals surface area (Å²) in [5.41, 5.74) is 1.24. The molecular formula is C19H22N2O6. The van der Waals surface area contributed by atoms with Crippen LogP contribution in [0.25, 0.3) is 6.08 Å². The molecule has 1 aromatic carbocycles. The molecule has 144 valence electrons. The van der Waals surface area contributed by atoms with Crippen molar-refractivity contribution in [3.63, 3.8) is 0 Å². The van der Waals surface area contributed by atoms with Crippen molar-refractivity contribution >= 4 is 12.0 Å². The summed E-state index contributed by atoms with van der Waals surface area (Å²) in [4.78, 5) is 12.1. The van der Waals surface area contributed by atoms with E-state index in [4.69, 9.17) is 19.8 Å². The standard InChI is InChI=1S/C19H22N2O6/c1-26-19-16(18(25)17(24)14(11-22)27-19)21-15(23)9-5-4-7-12-6-2-3-8-13(12)10-20/h2-9,14,16-19,22,24-25H,11H2,1H3,(H,21,23)/b7-4+,9-5+. The van der Waals surface area contributed by atoms with E-state index in [1.807, 2.05) is 0 Å². The fourth-order valence-electron chi connectivity index (χ4n) is 2.70. The van der Waals surface area contributed by atoms with E-state index < -0.39 is 43.2 Å². The fraction of sp³-hybridized carbons (Fsp3) is 0.368. The number of aliphatic hydroxyl groups is 3. The Kier molecular flexibility index (Phi) is 7.67. The van der Waals surface area contributed by atoms with E-state index in [1.165, 1.54) is 19.3 Å².